The van der Waals surface area contributed by atoms with E-state index in [1.807, 2.05) is 0 Å². The van der Waals surface area contributed by atoms with Crippen molar-refractivity contribution in [1.29, 1.82) is 0 Å². The van der Waals surface area contributed by atoms with Gasteiger partial charge in [-0.25, -0.2) is 0 Å². The Labute approximate surface area is 153 Å². The predicted molar refractivity (Wildman–Crippen MR) is 93.6 cm³/mol. The number of fused-ring (bicyclic) bond motifs is 3. The predicted octanol–water partition coefficient (Wildman–Crippen LogP) is 2.50. The van der Waals surface area contributed by atoms with Gasteiger partial charge in [-0.05, 0) is 11.6 Å². The van der Waals surface area contributed by atoms with Gasteiger partial charge in [-0.15, -0.1) is 10.2 Å². The molecule has 0 saturated heterocycles. The summed E-state index contributed by atoms with van der Waals surface area (Å²) in [4.78, 5) is 5.15. The fourth-order valence-electron chi connectivity index (χ4n) is 3.30. The Bertz CT molecular complexity index is 953. The first-order valence-corrected chi connectivity index (χ1v) is 8.60. The standard InChI is InChI=1S/C16H16Cl2N4O3/c1-7-20-21-16(25-7)8-4-10(17)14(18)15-13(8)9-5-22(12(24)6-23)3-2-11(9)19-15/h4,12,19,23-24H,2-3,5-6H2,1H3. The van der Waals surface area contributed by atoms with Crippen LogP contribution in [0.4, 0.5) is 0 Å². The van der Waals surface area contributed by atoms with Crippen LogP contribution in [0.25, 0.3) is 22.4 Å². The second-order valence-electron chi connectivity index (χ2n) is 6.06. The molecular weight excluding hydrogens is 367 g/mol. The molecule has 2 aromatic heterocycles. The number of halogens is 2. The Hall–Kier alpha value is -1.64. The van der Waals surface area contributed by atoms with Gasteiger partial charge >= 0.3 is 0 Å². The molecule has 0 radical (unpaired) electrons. The van der Waals surface area contributed by atoms with E-state index in [2.05, 4.69) is 15.2 Å². The average Bonchev–Trinajstić information content (AvgIpc) is 3.20. The number of aryl methyl sites for hydroxylation is 1. The van der Waals surface area contributed by atoms with Crippen LogP contribution in [0.1, 0.15) is 17.1 Å². The van der Waals surface area contributed by atoms with Crippen LogP contribution in [-0.2, 0) is 13.0 Å². The molecule has 7 nitrogen and oxygen atoms in total. The minimum absolute atomic E-state index is 0.319. The summed E-state index contributed by atoms with van der Waals surface area (Å²) in [6.45, 7) is 2.49. The smallest absolute Gasteiger partial charge is 0.248 e. The lowest BCUT2D eigenvalue weighted by Crippen LogP contribution is -2.41. The lowest BCUT2D eigenvalue weighted by molar-refractivity contribution is -0.0419. The van der Waals surface area contributed by atoms with Crippen molar-refractivity contribution in [1.82, 2.24) is 20.1 Å². The summed E-state index contributed by atoms with van der Waals surface area (Å²) in [5.41, 5.74) is 3.42. The van der Waals surface area contributed by atoms with Crippen LogP contribution >= 0.6 is 23.2 Å². The van der Waals surface area contributed by atoms with E-state index in [-0.39, 0.29) is 6.61 Å². The van der Waals surface area contributed by atoms with Gasteiger partial charge in [0.05, 0.1) is 27.7 Å². The lowest BCUT2D eigenvalue weighted by atomic mass is 10.0. The minimum atomic E-state index is -0.907. The van der Waals surface area contributed by atoms with Crippen LogP contribution in [0.2, 0.25) is 10.0 Å². The first-order chi connectivity index (χ1) is 12.0. The van der Waals surface area contributed by atoms with Crippen LogP contribution in [0, 0.1) is 6.92 Å². The Balaban J connectivity index is 1.95. The highest BCUT2D eigenvalue weighted by Gasteiger charge is 2.28. The molecule has 1 aliphatic heterocycles. The summed E-state index contributed by atoms with van der Waals surface area (Å²) in [5.74, 6) is 0.818. The van der Waals surface area contributed by atoms with Crippen molar-refractivity contribution in [3.63, 3.8) is 0 Å². The molecule has 1 aliphatic rings. The van der Waals surface area contributed by atoms with E-state index in [0.29, 0.717) is 52.4 Å². The van der Waals surface area contributed by atoms with E-state index in [1.165, 1.54) is 0 Å². The molecule has 3 heterocycles. The van der Waals surface area contributed by atoms with Crippen molar-refractivity contribution in [3.05, 3.63) is 33.3 Å². The van der Waals surface area contributed by atoms with E-state index >= 15 is 0 Å². The first kappa shape index (κ1) is 16.8. The number of aromatic amines is 1. The molecule has 1 aromatic carbocycles. The Kier molecular flexibility index (Phi) is 4.21. The maximum atomic E-state index is 9.98. The highest BCUT2D eigenvalue weighted by atomic mass is 35.5. The van der Waals surface area contributed by atoms with Crippen LogP contribution in [-0.4, -0.2) is 49.7 Å². The summed E-state index contributed by atoms with van der Waals surface area (Å²) in [6, 6.07) is 1.72. The Morgan fingerprint density at radius 3 is 2.88 bits per heavy atom. The van der Waals surface area contributed by atoms with Crippen LogP contribution in [0.3, 0.4) is 0 Å². The normalized spacial score (nSPS) is 16.4. The highest BCUT2D eigenvalue weighted by Crippen LogP contribution is 2.42. The number of aliphatic hydroxyl groups excluding tert-OH is 2. The number of H-pyrrole nitrogens is 1. The van der Waals surface area contributed by atoms with Crippen LogP contribution in [0.15, 0.2) is 10.5 Å². The maximum Gasteiger partial charge on any atom is 0.248 e. The third kappa shape index (κ3) is 2.72. The number of hydrogen-bond donors (Lipinski definition) is 3. The van der Waals surface area contributed by atoms with Gasteiger partial charge in [-0.3, -0.25) is 4.90 Å². The molecule has 3 aromatic rings. The van der Waals surface area contributed by atoms with Gasteiger partial charge in [0.1, 0.15) is 6.23 Å². The van der Waals surface area contributed by atoms with Crippen molar-refractivity contribution >= 4 is 34.1 Å². The van der Waals surface area contributed by atoms with Crippen molar-refractivity contribution < 1.29 is 14.6 Å². The monoisotopic (exact) mass is 382 g/mol. The minimum Gasteiger partial charge on any atom is -0.421 e. The quantitative estimate of drug-likeness (QED) is 0.643. The SMILES string of the molecule is Cc1nnc(-c2cc(Cl)c(Cl)c3[nH]c4c(c23)CN(C(O)CO)CC4)o1. The third-order valence-electron chi connectivity index (χ3n) is 4.51. The fraction of sp³-hybridized carbons (Fsp3) is 0.375. The van der Waals surface area contributed by atoms with E-state index < -0.39 is 6.23 Å². The van der Waals surface area contributed by atoms with E-state index in [4.69, 9.17) is 27.6 Å². The average molecular weight is 383 g/mol. The van der Waals surface area contributed by atoms with Gasteiger partial charge in [0.25, 0.3) is 0 Å². The van der Waals surface area contributed by atoms with Gasteiger partial charge in [0, 0.05) is 37.5 Å². The van der Waals surface area contributed by atoms with E-state index in [9.17, 15) is 10.2 Å². The Morgan fingerprint density at radius 2 is 2.20 bits per heavy atom. The molecule has 0 bridgehead atoms. The summed E-state index contributed by atoms with van der Waals surface area (Å²) >= 11 is 12.7. The van der Waals surface area contributed by atoms with Gasteiger partial charge < -0.3 is 19.6 Å². The van der Waals surface area contributed by atoms with Crippen molar-refractivity contribution in [2.75, 3.05) is 13.2 Å². The summed E-state index contributed by atoms with van der Waals surface area (Å²) in [5, 5.41) is 28.9. The number of aliphatic hydroxyl groups is 2. The van der Waals surface area contributed by atoms with Crippen molar-refractivity contribution in [2.45, 2.75) is 26.1 Å². The van der Waals surface area contributed by atoms with Gasteiger partial charge in [-0.1, -0.05) is 23.2 Å². The molecule has 0 spiro atoms. The number of benzene rings is 1. The fourth-order valence-corrected chi connectivity index (χ4v) is 3.70. The highest BCUT2D eigenvalue weighted by molar-refractivity contribution is 6.45. The summed E-state index contributed by atoms with van der Waals surface area (Å²) in [6.07, 6.45) is -0.216. The molecular formula is C16H16Cl2N4O3. The molecule has 25 heavy (non-hydrogen) atoms. The molecule has 1 unspecified atom stereocenters. The van der Waals surface area contributed by atoms with Crippen LogP contribution in [0.5, 0.6) is 0 Å². The number of nitrogens with zero attached hydrogens (tertiary/aromatic N) is 3. The first-order valence-electron chi connectivity index (χ1n) is 7.84. The van der Waals surface area contributed by atoms with Crippen molar-refractivity contribution in [2.24, 2.45) is 0 Å². The largest absolute Gasteiger partial charge is 0.421 e. The Morgan fingerprint density at radius 1 is 1.40 bits per heavy atom. The molecule has 0 fully saturated rings. The molecule has 0 amide bonds. The molecule has 0 aliphatic carbocycles. The number of hydrogen-bond acceptors (Lipinski definition) is 6. The molecule has 3 N–H and O–H groups in total. The lowest BCUT2D eigenvalue weighted by Gasteiger charge is -2.30. The molecule has 9 heteroatoms. The van der Waals surface area contributed by atoms with E-state index in [0.717, 1.165) is 16.6 Å². The second-order valence-corrected chi connectivity index (χ2v) is 6.85. The van der Waals surface area contributed by atoms with Crippen molar-refractivity contribution in [3.8, 4) is 11.5 Å². The zero-order valence-electron chi connectivity index (χ0n) is 13.4. The number of rotatable bonds is 3. The number of nitrogens with one attached hydrogen (secondary N) is 1. The van der Waals surface area contributed by atoms with Crippen LogP contribution < -0.4 is 0 Å². The number of aromatic nitrogens is 3. The summed E-state index contributed by atoms with van der Waals surface area (Å²) in [7, 11) is 0. The zero-order valence-corrected chi connectivity index (χ0v) is 14.9. The van der Waals surface area contributed by atoms with Gasteiger partial charge in [0.2, 0.25) is 11.8 Å². The molecule has 0 saturated carbocycles. The third-order valence-corrected chi connectivity index (χ3v) is 5.30. The maximum absolute atomic E-state index is 9.98. The summed E-state index contributed by atoms with van der Waals surface area (Å²) < 4.78 is 5.59. The van der Waals surface area contributed by atoms with Gasteiger partial charge in [-0.2, -0.15) is 0 Å². The van der Waals surface area contributed by atoms with E-state index in [1.54, 1.807) is 17.9 Å². The molecule has 1 atom stereocenters. The molecule has 4 rings (SSSR count). The molecule has 132 valence electrons. The topological polar surface area (TPSA) is 98.4 Å². The second kappa shape index (κ2) is 6.26. The van der Waals surface area contributed by atoms with Gasteiger partial charge in [0.15, 0.2) is 0 Å². The zero-order chi connectivity index (χ0) is 17.7.